The number of nitrogens with zero attached hydrogens (tertiary/aromatic N) is 3. The summed E-state index contributed by atoms with van der Waals surface area (Å²) in [6, 6.07) is 42.2. The minimum absolute atomic E-state index is 0. The minimum atomic E-state index is -3.14. The Morgan fingerprint density at radius 3 is 1.44 bits per heavy atom. The Labute approximate surface area is 362 Å². The van der Waals surface area contributed by atoms with Gasteiger partial charge in [0.2, 0.25) is 0 Å². The van der Waals surface area contributed by atoms with Crippen LogP contribution in [0.5, 0.6) is 0 Å². The molecule has 0 aliphatic carbocycles. The predicted molar refractivity (Wildman–Crippen MR) is 221 cm³/mol. The van der Waals surface area contributed by atoms with E-state index in [1.54, 1.807) is 72.8 Å². The van der Waals surface area contributed by atoms with E-state index in [-0.39, 0.29) is 53.7 Å². The maximum Gasteiger partial charge on any atom is 3.00 e. The van der Waals surface area contributed by atoms with Crippen LogP contribution < -0.4 is 0 Å². The number of furan rings is 1. The Morgan fingerprint density at radius 2 is 0.965 bits per heavy atom. The molecule has 0 saturated heterocycles. The van der Waals surface area contributed by atoms with Crippen LogP contribution in [0.15, 0.2) is 156 Å². The van der Waals surface area contributed by atoms with Gasteiger partial charge in [-0.25, -0.2) is 4.39 Å². The van der Waals surface area contributed by atoms with Crippen molar-refractivity contribution >= 4 is 21.9 Å². The molecule has 0 aliphatic heterocycles. The molecule has 0 atom stereocenters. The van der Waals surface area contributed by atoms with E-state index in [0.717, 1.165) is 24.4 Å². The number of halogens is 1. The van der Waals surface area contributed by atoms with Crippen molar-refractivity contribution in [2.24, 2.45) is 0 Å². The number of benzene rings is 5. The fourth-order valence-corrected chi connectivity index (χ4v) is 6.17. The summed E-state index contributed by atoms with van der Waals surface area (Å²) in [4.78, 5) is 13.1. The maximum absolute atomic E-state index is 14.7. The quantitative estimate of drug-likeness (QED) is 0.115. The molecule has 4 aromatic heterocycles. The number of hydrogen-bond acceptors (Lipinski definition) is 4. The topological polar surface area (TPSA) is 51.8 Å². The SMILES string of the molecule is [2H]C([2H])(c1ccc(-c2[c-]cccc2)nc1)C([2H])([2H])c1cc(C([2H])([2H])C([2H])([2H])c2ccc(-c3[c-]cccc3)nc2)cc(C([2H])([2H])C([2H])([2H])c2ccc(-c3[c-]ccc4c3oc3c(F)cccc34)nc2)c1.[Ir+3]. The van der Waals surface area contributed by atoms with Crippen LogP contribution in [0.1, 0.15) is 49.8 Å². The number of pyridine rings is 3. The molecule has 0 aliphatic rings. The third kappa shape index (κ3) is 8.68. The summed E-state index contributed by atoms with van der Waals surface area (Å²) < 4.78 is 132. The zero-order chi connectivity index (χ0) is 48.4. The first-order valence-corrected chi connectivity index (χ1v) is 17.7. The Bertz CT molecular complexity index is 3180. The molecule has 278 valence electrons. The average molecular weight is 931 g/mol. The van der Waals surface area contributed by atoms with Gasteiger partial charge in [-0.3, -0.25) is 0 Å². The molecule has 4 heterocycles. The van der Waals surface area contributed by atoms with Crippen LogP contribution >= 0.6 is 0 Å². The summed E-state index contributed by atoms with van der Waals surface area (Å²) in [6.07, 6.45) is -14.7. The second-order valence-electron chi connectivity index (χ2n) is 12.7. The molecule has 9 rings (SSSR count). The number of fused-ring (bicyclic) bond motifs is 3. The van der Waals surface area contributed by atoms with Crippen molar-refractivity contribution in [2.45, 2.75) is 38.2 Å². The Morgan fingerprint density at radius 1 is 0.474 bits per heavy atom. The molecule has 6 heteroatoms. The van der Waals surface area contributed by atoms with Gasteiger partial charge >= 0.3 is 20.1 Å². The Kier molecular flexibility index (Phi) is 7.92. The molecule has 0 fully saturated rings. The number of para-hydroxylation sites is 1. The summed E-state index contributed by atoms with van der Waals surface area (Å²) >= 11 is 0. The second kappa shape index (κ2) is 17.4. The van der Waals surface area contributed by atoms with Gasteiger partial charge in [-0.2, -0.15) is 0 Å². The number of rotatable bonds is 12. The first kappa shape index (κ1) is 26.0. The predicted octanol–water partition coefficient (Wildman–Crippen LogP) is 11.7. The van der Waals surface area contributed by atoms with Gasteiger partial charge in [-0.15, -0.1) is 90.0 Å². The van der Waals surface area contributed by atoms with Crippen molar-refractivity contribution in [1.29, 1.82) is 0 Å². The molecule has 57 heavy (non-hydrogen) atoms. The van der Waals surface area contributed by atoms with Crippen molar-refractivity contribution < 1.29 is 45.4 Å². The molecule has 0 spiro atoms. The summed E-state index contributed by atoms with van der Waals surface area (Å²) in [5.41, 5.74) is 0.506. The van der Waals surface area contributed by atoms with Crippen LogP contribution in [0.3, 0.4) is 0 Å². The van der Waals surface area contributed by atoms with Crippen molar-refractivity contribution in [2.75, 3.05) is 0 Å². The van der Waals surface area contributed by atoms with E-state index in [4.69, 9.17) is 4.42 Å². The molecular weight excluding hydrogens is 882 g/mol. The van der Waals surface area contributed by atoms with Crippen molar-refractivity contribution in [3.05, 3.63) is 209 Å². The van der Waals surface area contributed by atoms with Gasteiger partial charge in [0, 0.05) is 40.4 Å². The zero-order valence-corrected chi connectivity index (χ0v) is 32.3. The molecule has 4 nitrogen and oxygen atoms in total. The first-order valence-electron chi connectivity index (χ1n) is 23.7. The van der Waals surface area contributed by atoms with E-state index in [9.17, 15) is 20.8 Å². The standard InChI is InChI=1S/C51H37FN3O.Ir/c52-46-16-8-14-44-43-13-7-15-45(50(43)56-51(44)46)49-28-25-37(34-55-49)19-22-40-30-38(20-17-35-23-26-47(53-32-35)41-9-3-1-4-10-41)29-39(31-40)21-18-36-24-27-48(54-33-36)42-11-5-2-6-12-42;/h1-9,11,13-14,16,23-34H,17-22H2;/q-3;+3/i17D2,18D2,19D2,20D2,21D2,22D2;. The smallest absolute Gasteiger partial charge is 0.498 e. The summed E-state index contributed by atoms with van der Waals surface area (Å²) in [7, 11) is 0. The van der Waals surface area contributed by atoms with Crippen LogP contribution in [0, 0.1) is 24.0 Å². The number of aryl methyl sites for hydroxylation is 6. The van der Waals surface area contributed by atoms with E-state index in [0.29, 0.717) is 38.9 Å². The Hall–Kier alpha value is -6.07. The normalized spacial score (nSPS) is 15.8. The van der Waals surface area contributed by atoms with Crippen LogP contribution in [0.25, 0.3) is 55.7 Å². The average Bonchev–Trinajstić information content (AvgIpc) is 3.74. The maximum atomic E-state index is 14.7. The zero-order valence-electron chi connectivity index (χ0n) is 41.9. The first-order chi connectivity index (χ1) is 32.2. The fraction of sp³-hybridized carbons (Fsp3) is 0.118. The third-order valence-electron chi connectivity index (χ3n) is 8.91. The van der Waals surface area contributed by atoms with Gasteiger partial charge in [0.1, 0.15) is 0 Å². The second-order valence-corrected chi connectivity index (χ2v) is 12.7. The monoisotopic (exact) mass is 931 g/mol. The number of hydrogen-bond donors (Lipinski definition) is 0. The molecule has 9 aromatic rings. The van der Waals surface area contributed by atoms with Crippen molar-refractivity contribution in [3.8, 4) is 33.8 Å². The fourth-order valence-electron chi connectivity index (χ4n) is 6.17. The number of aromatic nitrogens is 3. The van der Waals surface area contributed by atoms with E-state index in [1.165, 1.54) is 54.9 Å². The summed E-state index contributed by atoms with van der Waals surface area (Å²) in [6.45, 7) is 0. The molecule has 0 bridgehead atoms. The molecular formula is C51H37FIrN3O. The van der Waals surface area contributed by atoms with Crippen molar-refractivity contribution in [3.63, 3.8) is 0 Å². The van der Waals surface area contributed by atoms with E-state index < -0.39 is 60.7 Å². The van der Waals surface area contributed by atoms with Crippen LogP contribution in [0.2, 0.25) is 0 Å². The minimum Gasteiger partial charge on any atom is -0.498 e. The molecule has 0 N–H and O–H groups in total. The van der Waals surface area contributed by atoms with Gasteiger partial charge in [0.05, 0.1) is 5.58 Å². The summed E-state index contributed by atoms with van der Waals surface area (Å²) in [5.74, 6) is -0.564. The van der Waals surface area contributed by atoms with Gasteiger partial charge in [0.25, 0.3) is 0 Å². The molecule has 0 radical (unpaired) electrons. The molecule has 0 amide bonds. The molecule has 5 aromatic carbocycles. The third-order valence-corrected chi connectivity index (χ3v) is 8.91. The van der Waals surface area contributed by atoms with Gasteiger partial charge in [-0.05, 0) is 94.8 Å². The van der Waals surface area contributed by atoms with Crippen LogP contribution in [-0.4, -0.2) is 15.0 Å². The van der Waals surface area contributed by atoms with E-state index in [1.807, 2.05) is 0 Å². The van der Waals surface area contributed by atoms with Crippen LogP contribution in [0.4, 0.5) is 4.39 Å². The van der Waals surface area contributed by atoms with Crippen LogP contribution in [-0.2, 0) is 58.3 Å². The summed E-state index contributed by atoms with van der Waals surface area (Å²) in [5, 5.41) is 1.12. The molecule has 0 saturated carbocycles. The Balaban J connectivity index is 0.00000642. The van der Waals surface area contributed by atoms with Gasteiger partial charge in [-0.1, -0.05) is 77.7 Å². The van der Waals surface area contributed by atoms with E-state index in [2.05, 4.69) is 33.2 Å². The van der Waals surface area contributed by atoms with Gasteiger partial charge < -0.3 is 19.4 Å². The van der Waals surface area contributed by atoms with Gasteiger partial charge in [0.15, 0.2) is 11.4 Å². The van der Waals surface area contributed by atoms with Crippen molar-refractivity contribution in [1.82, 2.24) is 15.0 Å². The molecule has 0 unspecified atom stereocenters. The van der Waals surface area contributed by atoms with E-state index >= 15 is 0 Å². The largest absolute Gasteiger partial charge is 3.00 e.